The summed E-state index contributed by atoms with van der Waals surface area (Å²) in [6.45, 7) is 5.19. The Morgan fingerprint density at radius 3 is 2.45 bits per heavy atom. The largest absolute Gasteiger partial charge is 0.368 e. The van der Waals surface area contributed by atoms with E-state index in [2.05, 4.69) is 40.5 Å². The van der Waals surface area contributed by atoms with Gasteiger partial charge in [0, 0.05) is 59.7 Å². The van der Waals surface area contributed by atoms with Crippen molar-refractivity contribution in [2.24, 2.45) is 0 Å². The van der Waals surface area contributed by atoms with Crippen LogP contribution >= 0.6 is 22.9 Å². The molecule has 0 N–H and O–H groups in total. The molecule has 0 radical (unpaired) electrons. The van der Waals surface area contributed by atoms with Gasteiger partial charge in [0.2, 0.25) is 5.91 Å². The van der Waals surface area contributed by atoms with E-state index in [9.17, 15) is 4.79 Å². The fraction of sp³-hybridized carbons (Fsp3) is 0.250. The molecule has 158 valence electrons. The average molecular weight is 451 g/mol. The van der Waals surface area contributed by atoms with Crippen LogP contribution in [0.1, 0.15) is 11.3 Å². The summed E-state index contributed by atoms with van der Waals surface area (Å²) in [6.07, 6.45) is 2.43. The van der Waals surface area contributed by atoms with Crippen LogP contribution in [0.4, 0.5) is 5.69 Å². The number of hydrogen-bond acceptors (Lipinski definition) is 4. The van der Waals surface area contributed by atoms with E-state index in [4.69, 9.17) is 16.6 Å². The van der Waals surface area contributed by atoms with E-state index in [-0.39, 0.29) is 5.91 Å². The van der Waals surface area contributed by atoms with E-state index in [0.717, 1.165) is 58.8 Å². The molecule has 1 fully saturated rings. The number of halogens is 1. The normalized spacial score (nSPS) is 14.4. The average Bonchev–Trinajstić information content (AvgIpc) is 3.37. The maximum Gasteiger partial charge on any atom is 0.228 e. The Kier molecular flexibility index (Phi) is 5.42. The minimum Gasteiger partial charge on any atom is -0.368 e. The first kappa shape index (κ1) is 20.1. The number of piperazine rings is 1. The van der Waals surface area contributed by atoms with Gasteiger partial charge in [-0.3, -0.25) is 9.20 Å². The van der Waals surface area contributed by atoms with Crippen LogP contribution in [0.3, 0.4) is 0 Å². The Bertz CT molecular complexity index is 1200. The molecule has 1 amide bonds. The smallest absolute Gasteiger partial charge is 0.228 e. The Balaban J connectivity index is 1.25. The number of anilines is 1. The van der Waals surface area contributed by atoms with Crippen molar-refractivity contribution in [1.82, 2.24) is 14.3 Å². The van der Waals surface area contributed by atoms with Crippen LogP contribution in [0.15, 0.2) is 60.1 Å². The molecule has 4 aromatic rings. The third-order valence-electron chi connectivity index (χ3n) is 5.79. The lowest BCUT2D eigenvalue weighted by Gasteiger charge is -2.36. The number of aryl methyl sites for hydroxylation is 1. The van der Waals surface area contributed by atoms with Crippen molar-refractivity contribution in [3.63, 3.8) is 0 Å². The Morgan fingerprint density at radius 2 is 1.74 bits per heavy atom. The van der Waals surface area contributed by atoms with Crippen LogP contribution in [-0.4, -0.2) is 46.4 Å². The van der Waals surface area contributed by atoms with Gasteiger partial charge in [-0.2, -0.15) is 0 Å². The second-order valence-corrected chi connectivity index (χ2v) is 9.17. The number of aromatic nitrogens is 2. The highest BCUT2D eigenvalue weighted by Gasteiger charge is 2.22. The van der Waals surface area contributed by atoms with Gasteiger partial charge in [0.1, 0.15) is 0 Å². The molecule has 0 aliphatic carbocycles. The molecule has 1 saturated heterocycles. The van der Waals surface area contributed by atoms with Crippen molar-refractivity contribution in [2.45, 2.75) is 13.3 Å². The van der Waals surface area contributed by atoms with Crippen molar-refractivity contribution >= 4 is 39.5 Å². The fourth-order valence-corrected chi connectivity index (χ4v) is 4.95. The molecular formula is C24H23ClN4OS. The zero-order valence-corrected chi connectivity index (χ0v) is 18.9. The number of carbonyl (C=O) groups excluding carboxylic acids is 1. The van der Waals surface area contributed by atoms with Crippen LogP contribution in [0, 0.1) is 6.92 Å². The van der Waals surface area contributed by atoms with Crippen LogP contribution in [-0.2, 0) is 11.2 Å². The summed E-state index contributed by atoms with van der Waals surface area (Å²) in [5.41, 5.74) is 5.41. The van der Waals surface area contributed by atoms with Gasteiger partial charge in [0.05, 0.1) is 12.1 Å². The lowest BCUT2D eigenvalue weighted by Crippen LogP contribution is -2.49. The van der Waals surface area contributed by atoms with Gasteiger partial charge < -0.3 is 9.80 Å². The van der Waals surface area contributed by atoms with Crippen LogP contribution < -0.4 is 4.90 Å². The number of nitrogens with zero attached hydrogens (tertiary/aromatic N) is 4. The molecule has 0 spiro atoms. The summed E-state index contributed by atoms with van der Waals surface area (Å²) in [4.78, 5) is 22.9. The van der Waals surface area contributed by atoms with Gasteiger partial charge in [0.25, 0.3) is 0 Å². The molecule has 7 heteroatoms. The van der Waals surface area contributed by atoms with E-state index in [1.54, 1.807) is 11.3 Å². The molecular weight excluding hydrogens is 428 g/mol. The molecule has 2 aromatic heterocycles. The number of carbonyl (C=O) groups is 1. The minimum atomic E-state index is 0.168. The Morgan fingerprint density at radius 1 is 1.03 bits per heavy atom. The van der Waals surface area contributed by atoms with Crippen LogP contribution in [0.2, 0.25) is 5.02 Å². The van der Waals surface area contributed by atoms with Crippen molar-refractivity contribution in [1.29, 1.82) is 0 Å². The van der Waals surface area contributed by atoms with E-state index < -0.39 is 0 Å². The fourth-order valence-electron chi connectivity index (χ4n) is 3.95. The highest BCUT2D eigenvalue weighted by Crippen LogP contribution is 2.25. The quantitative estimate of drug-likeness (QED) is 0.443. The van der Waals surface area contributed by atoms with E-state index in [1.165, 1.54) is 5.56 Å². The van der Waals surface area contributed by atoms with Crippen molar-refractivity contribution < 1.29 is 4.79 Å². The first-order chi connectivity index (χ1) is 15.1. The molecule has 0 unspecified atom stereocenters. The molecule has 2 aromatic carbocycles. The summed E-state index contributed by atoms with van der Waals surface area (Å²) in [5, 5.41) is 2.79. The maximum atomic E-state index is 13.0. The van der Waals surface area contributed by atoms with Gasteiger partial charge in [-0.1, -0.05) is 41.4 Å². The second-order valence-electron chi connectivity index (χ2n) is 7.89. The number of fused-ring (bicyclic) bond motifs is 1. The monoisotopic (exact) mass is 450 g/mol. The summed E-state index contributed by atoms with van der Waals surface area (Å²) in [6, 6.07) is 16.3. The van der Waals surface area contributed by atoms with Gasteiger partial charge in [-0.05, 0) is 31.2 Å². The number of amides is 1. The molecule has 0 saturated carbocycles. The predicted octanol–water partition coefficient (Wildman–Crippen LogP) is 4.92. The summed E-state index contributed by atoms with van der Waals surface area (Å²) >= 11 is 7.57. The minimum absolute atomic E-state index is 0.168. The van der Waals surface area contributed by atoms with Crippen molar-refractivity contribution in [2.75, 3.05) is 31.1 Å². The number of benzene rings is 2. The van der Waals surface area contributed by atoms with Gasteiger partial charge in [0.15, 0.2) is 4.96 Å². The topological polar surface area (TPSA) is 40.9 Å². The molecule has 1 aliphatic heterocycles. The highest BCUT2D eigenvalue weighted by molar-refractivity contribution is 7.15. The number of rotatable bonds is 4. The zero-order chi connectivity index (χ0) is 21.4. The highest BCUT2D eigenvalue weighted by atomic mass is 35.5. The summed E-state index contributed by atoms with van der Waals surface area (Å²) in [5.74, 6) is 0.168. The van der Waals surface area contributed by atoms with E-state index in [1.807, 2.05) is 40.7 Å². The first-order valence-corrected chi connectivity index (χ1v) is 11.6. The van der Waals surface area contributed by atoms with E-state index in [0.29, 0.717) is 6.42 Å². The SMILES string of the molecule is Cc1ccc(-c2cn3c(CC(=O)N4CCN(c5ccc(Cl)cc5)CC4)csc3n2)cc1. The molecule has 31 heavy (non-hydrogen) atoms. The lowest BCUT2D eigenvalue weighted by atomic mass is 10.1. The van der Waals surface area contributed by atoms with Gasteiger partial charge in [-0.25, -0.2) is 4.98 Å². The molecule has 5 rings (SSSR count). The number of thiazole rings is 1. The predicted molar refractivity (Wildman–Crippen MR) is 127 cm³/mol. The Hall–Kier alpha value is -2.83. The molecule has 5 nitrogen and oxygen atoms in total. The third kappa shape index (κ3) is 4.18. The molecule has 1 aliphatic rings. The first-order valence-electron chi connectivity index (χ1n) is 10.4. The van der Waals surface area contributed by atoms with Gasteiger partial charge in [-0.15, -0.1) is 11.3 Å². The maximum absolute atomic E-state index is 13.0. The van der Waals surface area contributed by atoms with Crippen LogP contribution in [0.25, 0.3) is 16.2 Å². The van der Waals surface area contributed by atoms with E-state index >= 15 is 0 Å². The van der Waals surface area contributed by atoms with Crippen molar-refractivity contribution in [3.8, 4) is 11.3 Å². The standard InChI is InChI=1S/C24H23ClN4OS/c1-17-2-4-18(5-3-17)22-15-29-21(16-31-24(29)26-22)14-23(30)28-12-10-27(11-13-28)20-8-6-19(25)7-9-20/h2-9,15-16H,10-14H2,1H3. The number of imidazole rings is 1. The summed E-state index contributed by atoms with van der Waals surface area (Å²) < 4.78 is 2.06. The molecule has 0 atom stereocenters. The second kappa shape index (κ2) is 8.36. The van der Waals surface area contributed by atoms with Crippen molar-refractivity contribution in [3.05, 3.63) is 76.4 Å². The Labute approximate surface area is 190 Å². The van der Waals surface area contributed by atoms with Crippen LogP contribution in [0.5, 0.6) is 0 Å². The lowest BCUT2D eigenvalue weighted by molar-refractivity contribution is -0.130. The third-order valence-corrected chi connectivity index (χ3v) is 6.93. The molecule has 0 bridgehead atoms. The summed E-state index contributed by atoms with van der Waals surface area (Å²) in [7, 11) is 0. The number of hydrogen-bond donors (Lipinski definition) is 0. The molecule has 3 heterocycles. The zero-order valence-electron chi connectivity index (χ0n) is 17.3. The van der Waals surface area contributed by atoms with Gasteiger partial charge >= 0.3 is 0 Å².